The Kier molecular flexibility index (Phi) is 6.21. The third kappa shape index (κ3) is 5.33. The summed E-state index contributed by atoms with van der Waals surface area (Å²) in [5.74, 6) is 0.0558. The lowest BCUT2D eigenvalue weighted by molar-refractivity contribution is -0.117. The second kappa shape index (κ2) is 7.44. The Morgan fingerprint density at radius 1 is 1.25 bits per heavy atom. The summed E-state index contributed by atoms with van der Waals surface area (Å²) >= 11 is 0. The molecule has 0 radical (unpaired) electrons. The molecule has 0 atom stereocenters. The maximum absolute atomic E-state index is 12.1. The highest BCUT2D eigenvalue weighted by Crippen LogP contribution is 2.29. The Hall–Kier alpha value is -1.35. The minimum absolute atomic E-state index is 0.0258. The summed E-state index contributed by atoms with van der Waals surface area (Å²) in [5, 5.41) is 3.04. The number of likely N-dealkylation sites (N-methyl/N-ethyl adjacent to an activating group) is 1. The number of carbonyl (C=O) groups excluding carboxylic acids is 1. The van der Waals surface area contributed by atoms with Crippen LogP contribution in [-0.4, -0.2) is 30.9 Å². The van der Waals surface area contributed by atoms with Crippen LogP contribution in [0.25, 0.3) is 0 Å². The lowest BCUT2D eigenvalue weighted by Crippen LogP contribution is -2.31. The monoisotopic (exact) mass is 276 g/mol. The summed E-state index contributed by atoms with van der Waals surface area (Å²) in [5.41, 5.74) is 2.12. The van der Waals surface area contributed by atoms with E-state index in [4.69, 9.17) is 0 Å². The van der Waals surface area contributed by atoms with Crippen molar-refractivity contribution in [2.75, 3.05) is 25.5 Å². The number of hydrogen-bond acceptors (Lipinski definition) is 2. The van der Waals surface area contributed by atoms with Crippen LogP contribution in [0.5, 0.6) is 0 Å². The molecule has 1 aromatic rings. The molecule has 0 heterocycles. The number of rotatable bonds is 6. The van der Waals surface area contributed by atoms with Gasteiger partial charge >= 0.3 is 0 Å². The van der Waals surface area contributed by atoms with Crippen LogP contribution in [0.4, 0.5) is 5.69 Å². The summed E-state index contributed by atoms with van der Waals surface area (Å²) in [6.07, 6.45) is 2.28. The molecule has 1 amide bonds. The van der Waals surface area contributed by atoms with E-state index < -0.39 is 0 Å². The first-order valence-electron chi connectivity index (χ1n) is 7.42. The Labute approximate surface area is 123 Å². The van der Waals surface area contributed by atoms with Gasteiger partial charge in [0.25, 0.3) is 0 Å². The molecule has 1 N–H and O–H groups in total. The minimum atomic E-state index is 0.0258. The predicted octanol–water partition coefficient (Wildman–Crippen LogP) is 3.65. The fraction of sp³-hybridized carbons (Fsp3) is 0.588. The van der Waals surface area contributed by atoms with Crippen LogP contribution in [0.1, 0.15) is 46.1 Å². The van der Waals surface area contributed by atoms with Crippen LogP contribution in [0.2, 0.25) is 0 Å². The van der Waals surface area contributed by atoms with E-state index in [0.717, 1.165) is 25.1 Å². The van der Waals surface area contributed by atoms with Crippen LogP contribution in [0, 0.1) is 0 Å². The van der Waals surface area contributed by atoms with E-state index in [2.05, 4.69) is 44.0 Å². The SMILES string of the molecule is CCCCN(C)CC(=O)Nc1ccccc1C(C)(C)C. The number of anilines is 1. The summed E-state index contributed by atoms with van der Waals surface area (Å²) in [7, 11) is 1.99. The molecular weight excluding hydrogens is 248 g/mol. The van der Waals surface area contributed by atoms with Crippen LogP contribution in [0.15, 0.2) is 24.3 Å². The number of benzene rings is 1. The molecule has 0 aromatic heterocycles. The van der Waals surface area contributed by atoms with Crippen molar-refractivity contribution in [1.82, 2.24) is 4.90 Å². The molecule has 3 nitrogen and oxygen atoms in total. The fourth-order valence-corrected chi connectivity index (χ4v) is 2.19. The molecule has 0 saturated carbocycles. The lowest BCUT2D eigenvalue weighted by atomic mass is 9.86. The van der Waals surface area contributed by atoms with E-state index in [9.17, 15) is 4.79 Å². The lowest BCUT2D eigenvalue weighted by Gasteiger charge is -2.23. The van der Waals surface area contributed by atoms with Crippen molar-refractivity contribution < 1.29 is 4.79 Å². The van der Waals surface area contributed by atoms with Crippen molar-refractivity contribution in [3.8, 4) is 0 Å². The van der Waals surface area contributed by atoms with Gasteiger partial charge in [-0.1, -0.05) is 52.3 Å². The minimum Gasteiger partial charge on any atom is -0.325 e. The second-order valence-electron chi connectivity index (χ2n) is 6.44. The highest BCUT2D eigenvalue weighted by atomic mass is 16.2. The van der Waals surface area contributed by atoms with Crippen molar-refractivity contribution in [2.24, 2.45) is 0 Å². The normalized spacial score (nSPS) is 11.7. The number of amides is 1. The molecule has 0 spiro atoms. The van der Waals surface area contributed by atoms with Gasteiger partial charge < -0.3 is 5.32 Å². The van der Waals surface area contributed by atoms with Crippen LogP contribution in [-0.2, 0) is 10.2 Å². The molecular formula is C17H28N2O. The van der Waals surface area contributed by atoms with Gasteiger partial charge in [-0.3, -0.25) is 9.69 Å². The Balaban J connectivity index is 2.67. The number of nitrogens with one attached hydrogen (secondary N) is 1. The van der Waals surface area contributed by atoms with Gasteiger partial charge in [0.15, 0.2) is 0 Å². The van der Waals surface area contributed by atoms with E-state index in [1.807, 2.05) is 25.2 Å². The Bertz CT molecular complexity index is 435. The molecule has 112 valence electrons. The molecule has 0 saturated heterocycles. The topological polar surface area (TPSA) is 32.3 Å². The molecule has 0 aliphatic rings. The second-order valence-corrected chi connectivity index (χ2v) is 6.44. The average Bonchev–Trinajstić information content (AvgIpc) is 2.35. The van der Waals surface area contributed by atoms with Crippen molar-refractivity contribution >= 4 is 11.6 Å². The van der Waals surface area contributed by atoms with E-state index in [-0.39, 0.29) is 11.3 Å². The number of unbranched alkanes of at least 4 members (excludes halogenated alkanes) is 1. The number of carbonyl (C=O) groups is 1. The van der Waals surface area contributed by atoms with E-state index in [1.54, 1.807) is 0 Å². The number of nitrogens with zero attached hydrogens (tertiary/aromatic N) is 1. The molecule has 0 aliphatic carbocycles. The van der Waals surface area contributed by atoms with Crippen LogP contribution >= 0.6 is 0 Å². The third-order valence-electron chi connectivity index (χ3n) is 3.32. The summed E-state index contributed by atoms with van der Waals surface area (Å²) < 4.78 is 0. The maximum Gasteiger partial charge on any atom is 0.238 e. The van der Waals surface area contributed by atoms with Gasteiger partial charge in [-0.25, -0.2) is 0 Å². The van der Waals surface area contributed by atoms with E-state index in [0.29, 0.717) is 6.54 Å². The zero-order valence-electron chi connectivity index (χ0n) is 13.5. The van der Waals surface area contributed by atoms with Gasteiger partial charge in [-0.15, -0.1) is 0 Å². The zero-order chi connectivity index (χ0) is 15.2. The first-order valence-corrected chi connectivity index (χ1v) is 7.42. The third-order valence-corrected chi connectivity index (χ3v) is 3.32. The largest absolute Gasteiger partial charge is 0.325 e. The van der Waals surface area contributed by atoms with Gasteiger partial charge in [0.05, 0.1) is 6.54 Å². The van der Waals surface area contributed by atoms with E-state index in [1.165, 1.54) is 5.56 Å². The molecule has 1 aromatic carbocycles. The van der Waals surface area contributed by atoms with Gasteiger partial charge in [-0.2, -0.15) is 0 Å². The first-order chi connectivity index (χ1) is 9.34. The van der Waals surface area contributed by atoms with Gasteiger partial charge in [0.1, 0.15) is 0 Å². The molecule has 20 heavy (non-hydrogen) atoms. The molecule has 0 bridgehead atoms. The highest BCUT2D eigenvalue weighted by molar-refractivity contribution is 5.93. The van der Waals surface area contributed by atoms with Crippen molar-refractivity contribution in [1.29, 1.82) is 0 Å². The standard InChI is InChI=1S/C17H28N2O/c1-6-7-12-19(5)13-16(20)18-15-11-9-8-10-14(15)17(2,3)4/h8-11H,6-7,12-13H2,1-5H3,(H,18,20). The quantitative estimate of drug-likeness (QED) is 0.860. The average molecular weight is 276 g/mol. The van der Waals surface area contributed by atoms with E-state index >= 15 is 0 Å². The highest BCUT2D eigenvalue weighted by Gasteiger charge is 2.18. The fourth-order valence-electron chi connectivity index (χ4n) is 2.19. The molecule has 0 unspecified atom stereocenters. The van der Waals surface area contributed by atoms with Crippen molar-refractivity contribution in [3.63, 3.8) is 0 Å². The van der Waals surface area contributed by atoms with Gasteiger partial charge in [0.2, 0.25) is 5.91 Å². The molecule has 0 fully saturated rings. The zero-order valence-corrected chi connectivity index (χ0v) is 13.5. The summed E-state index contributed by atoms with van der Waals surface area (Å²) in [4.78, 5) is 14.2. The van der Waals surface area contributed by atoms with Gasteiger partial charge in [-0.05, 0) is 37.1 Å². The molecule has 0 aliphatic heterocycles. The summed E-state index contributed by atoms with van der Waals surface area (Å²) in [6, 6.07) is 8.04. The van der Waals surface area contributed by atoms with Crippen LogP contribution in [0.3, 0.4) is 0 Å². The number of para-hydroxylation sites is 1. The molecule has 3 heteroatoms. The van der Waals surface area contributed by atoms with Gasteiger partial charge in [0, 0.05) is 5.69 Å². The number of hydrogen-bond donors (Lipinski definition) is 1. The Morgan fingerprint density at radius 3 is 2.50 bits per heavy atom. The maximum atomic E-state index is 12.1. The molecule has 1 rings (SSSR count). The van der Waals surface area contributed by atoms with Crippen molar-refractivity contribution in [2.45, 2.75) is 46.0 Å². The smallest absolute Gasteiger partial charge is 0.238 e. The van der Waals surface area contributed by atoms with Crippen molar-refractivity contribution in [3.05, 3.63) is 29.8 Å². The summed E-state index contributed by atoms with van der Waals surface area (Å²) in [6.45, 7) is 10.0. The Morgan fingerprint density at radius 2 is 1.90 bits per heavy atom. The predicted molar refractivity (Wildman–Crippen MR) is 86.2 cm³/mol. The first kappa shape index (κ1) is 16.7. The van der Waals surface area contributed by atoms with Crippen LogP contribution < -0.4 is 5.32 Å².